The van der Waals surface area contributed by atoms with Gasteiger partial charge in [0.1, 0.15) is 6.10 Å². The van der Waals surface area contributed by atoms with Crippen molar-refractivity contribution in [3.8, 4) is 0 Å². The predicted molar refractivity (Wildman–Crippen MR) is 76.0 cm³/mol. The van der Waals surface area contributed by atoms with E-state index < -0.39 is 6.10 Å². The van der Waals surface area contributed by atoms with Gasteiger partial charge in [0.25, 0.3) is 0 Å². The van der Waals surface area contributed by atoms with Gasteiger partial charge in [0, 0.05) is 19.8 Å². The second kappa shape index (κ2) is 5.23. The summed E-state index contributed by atoms with van der Waals surface area (Å²) in [5.74, 6) is 0. The van der Waals surface area contributed by atoms with Gasteiger partial charge in [-0.05, 0) is 30.2 Å². The molecule has 0 bridgehead atoms. The van der Waals surface area contributed by atoms with Gasteiger partial charge in [0.05, 0.1) is 0 Å². The van der Waals surface area contributed by atoms with Gasteiger partial charge in [0.2, 0.25) is 0 Å². The molecule has 2 heteroatoms. The van der Waals surface area contributed by atoms with Gasteiger partial charge in [-0.2, -0.15) is 0 Å². The molecule has 0 aliphatic rings. The molecule has 1 atom stereocenters. The van der Waals surface area contributed by atoms with Crippen molar-refractivity contribution in [3.63, 3.8) is 0 Å². The van der Waals surface area contributed by atoms with E-state index in [0.29, 0.717) is 0 Å². The molecule has 1 unspecified atom stereocenters. The maximum atomic E-state index is 10.4. The van der Waals surface area contributed by atoms with E-state index in [1.807, 2.05) is 74.4 Å². The normalized spacial score (nSPS) is 12.2. The minimum atomic E-state index is -0.564. The predicted octanol–water partition coefficient (Wildman–Crippen LogP) is 3.14. The van der Waals surface area contributed by atoms with Crippen molar-refractivity contribution in [1.29, 1.82) is 0 Å². The van der Waals surface area contributed by atoms with Crippen molar-refractivity contribution in [1.82, 2.24) is 0 Å². The van der Waals surface area contributed by atoms with Crippen LogP contribution < -0.4 is 4.90 Å². The second-order valence-corrected chi connectivity index (χ2v) is 4.80. The number of aryl methyl sites for hydroxylation is 1. The first-order chi connectivity index (χ1) is 8.58. The first kappa shape index (κ1) is 12.7. The van der Waals surface area contributed by atoms with E-state index in [2.05, 4.69) is 0 Å². The summed E-state index contributed by atoms with van der Waals surface area (Å²) < 4.78 is 0. The molecule has 2 aromatic carbocycles. The third-order valence-electron chi connectivity index (χ3n) is 3.10. The van der Waals surface area contributed by atoms with Crippen molar-refractivity contribution < 1.29 is 5.11 Å². The van der Waals surface area contributed by atoms with Crippen LogP contribution in [0.15, 0.2) is 48.5 Å². The third kappa shape index (κ3) is 2.71. The van der Waals surface area contributed by atoms with Crippen LogP contribution in [-0.4, -0.2) is 19.2 Å². The van der Waals surface area contributed by atoms with Crippen LogP contribution in [0.5, 0.6) is 0 Å². The minimum absolute atomic E-state index is 0.564. The summed E-state index contributed by atoms with van der Waals surface area (Å²) in [4.78, 5) is 2.03. The number of rotatable bonds is 3. The Balaban J connectivity index is 2.30. The minimum Gasteiger partial charge on any atom is -0.384 e. The molecule has 0 aliphatic heterocycles. The van der Waals surface area contributed by atoms with Crippen LogP contribution in [0.4, 0.5) is 5.69 Å². The first-order valence-corrected chi connectivity index (χ1v) is 6.10. The Morgan fingerprint density at radius 1 is 0.944 bits per heavy atom. The molecule has 0 amide bonds. The Bertz CT molecular complexity index is 517. The molecule has 94 valence electrons. The molecule has 0 fully saturated rings. The smallest absolute Gasteiger partial charge is 0.104 e. The number of nitrogens with zero attached hydrogens (tertiary/aromatic N) is 1. The van der Waals surface area contributed by atoms with Crippen LogP contribution >= 0.6 is 0 Å². The quantitative estimate of drug-likeness (QED) is 0.892. The Hall–Kier alpha value is -1.80. The summed E-state index contributed by atoms with van der Waals surface area (Å²) >= 11 is 0. The molecular weight excluding hydrogens is 222 g/mol. The molecule has 1 N–H and O–H groups in total. The Kier molecular flexibility index (Phi) is 3.68. The van der Waals surface area contributed by atoms with Gasteiger partial charge < -0.3 is 10.0 Å². The summed E-state index contributed by atoms with van der Waals surface area (Å²) in [5, 5.41) is 10.4. The summed E-state index contributed by atoms with van der Waals surface area (Å²) in [7, 11) is 3.99. The fraction of sp³-hybridized carbons (Fsp3) is 0.250. The van der Waals surface area contributed by atoms with Crippen molar-refractivity contribution in [2.24, 2.45) is 0 Å². The van der Waals surface area contributed by atoms with Gasteiger partial charge in [0.15, 0.2) is 0 Å². The van der Waals surface area contributed by atoms with E-state index in [9.17, 15) is 5.11 Å². The molecular formula is C16H19NO. The average Bonchev–Trinajstić information content (AvgIpc) is 2.39. The van der Waals surface area contributed by atoms with Crippen LogP contribution in [0.1, 0.15) is 22.8 Å². The first-order valence-electron chi connectivity index (χ1n) is 6.10. The number of hydrogen-bond donors (Lipinski definition) is 1. The van der Waals surface area contributed by atoms with E-state index in [1.165, 1.54) is 5.56 Å². The molecule has 0 spiro atoms. The Morgan fingerprint density at radius 2 is 1.61 bits per heavy atom. The summed E-state index contributed by atoms with van der Waals surface area (Å²) in [6, 6.07) is 16.0. The highest BCUT2D eigenvalue weighted by Gasteiger charge is 2.10. The lowest BCUT2D eigenvalue weighted by Gasteiger charge is -2.16. The van der Waals surface area contributed by atoms with Gasteiger partial charge in [-0.3, -0.25) is 0 Å². The second-order valence-electron chi connectivity index (χ2n) is 4.80. The summed E-state index contributed by atoms with van der Waals surface area (Å²) in [5.41, 5.74) is 4.15. The molecule has 0 aliphatic carbocycles. The molecule has 0 aromatic heterocycles. The molecule has 0 heterocycles. The largest absolute Gasteiger partial charge is 0.384 e. The monoisotopic (exact) mass is 241 g/mol. The number of benzene rings is 2. The number of hydrogen-bond acceptors (Lipinski definition) is 2. The van der Waals surface area contributed by atoms with Crippen molar-refractivity contribution >= 4 is 5.69 Å². The zero-order chi connectivity index (χ0) is 13.1. The maximum Gasteiger partial charge on any atom is 0.104 e. The van der Waals surface area contributed by atoms with Crippen LogP contribution in [0.25, 0.3) is 0 Å². The molecule has 2 rings (SSSR count). The maximum absolute atomic E-state index is 10.4. The lowest BCUT2D eigenvalue weighted by Crippen LogP contribution is -2.09. The summed E-state index contributed by atoms with van der Waals surface area (Å²) in [6.45, 7) is 2.04. The van der Waals surface area contributed by atoms with Crippen LogP contribution in [-0.2, 0) is 0 Å². The van der Waals surface area contributed by atoms with Gasteiger partial charge in [-0.1, -0.05) is 42.0 Å². The number of aliphatic hydroxyl groups is 1. The zero-order valence-electron chi connectivity index (χ0n) is 11.1. The molecule has 18 heavy (non-hydrogen) atoms. The highest BCUT2D eigenvalue weighted by molar-refractivity contribution is 5.48. The van der Waals surface area contributed by atoms with Crippen LogP contribution in [0, 0.1) is 6.92 Å². The lowest BCUT2D eigenvalue weighted by molar-refractivity contribution is 0.220. The van der Waals surface area contributed by atoms with E-state index in [0.717, 1.165) is 16.8 Å². The number of aliphatic hydroxyl groups excluding tert-OH is 1. The van der Waals surface area contributed by atoms with Crippen LogP contribution in [0.2, 0.25) is 0 Å². The molecule has 0 saturated carbocycles. The van der Waals surface area contributed by atoms with Crippen molar-refractivity contribution in [2.75, 3.05) is 19.0 Å². The topological polar surface area (TPSA) is 23.5 Å². The Morgan fingerprint density at radius 3 is 2.22 bits per heavy atom. The van der Waals surface area contributed by atoms with Crippen molar-refractivity contribution in [3.05, 3.63) is 65.2 Å². The van der Waals surface area contributed by atoms with Crippen LogP contribution in [0.3, 0.4) is 0 Å². The molecule has 2 nitrogen and oxygen atoms in total. The van der Waals surface area contributed by atoms with Crippen molar-refractivity contribution in [2.45, 2.75) is 13.0 Å². The Labute approximate surface area is 109 Å². The molecule has 2 aromatic rings. The van der Waals surface area contributed by atoms with Gasteiger partial charge in [-0.15, -0.1) is 0 Å². The van der Waals surface area contributed by atoms with Gasteiger partial charge >= 0.3 is 0 Å². The average molecular weight is 241 g/mol. The summed E-state index contributed by atoms with van der Waals surface area (Å²) in [6.07, 6.45) is -0.564. The lowest BCUT2D eigenvalue weighted by atomic mass is 10.00. The highest BCUT2D eigenvalue weighted by atomic mass is 16.3. The zero-order valence-corrected chi connectivity index (χ0v) is 11.1. The fourth-order valence-electron chi connectivity index (χ4n) is 1.91. The fourth-order valence-corrected chi connectivity index (χ4v) is 1.91. The third-order valence-corrected chi connectivity index (χ3v) is 3.10. The highest BCUT2D eigenvalue weighted by Crippen LogP contribution is 2.25. The van der Waals surface area contributed by atoms with E-state index in [1.54, 1.807) is 0 Å². The van der Waals surface area contributed by atoms with E-state index in [-0.39, 0.29) is 0 Å². The van der Waals surface area contributed by atoms with E-state index in [4.69, 9.17) is 0 Å². The van der Waals surface area contributed by atoms with E-state index >= 15 is 0 Å². The molecule has 0 saturated heterocycles. The SMILES string of the molecule is Cc1ccc(C(O)c2cccc(N(C)C)c2)cc1. The standard InChI is InChI=1S/C16H19NO/c1-12-7-9-13(10-8-12)16(18)14-5-4-6-15(11-14)17(2)3/h4-11,16,18H,1-3H3. The van der Waals surface area contributed by atoms with Gasteiger partial charge in [-0.25, -0.2) is 0 Å². The number of anilines is 1. The molecule has 0 radical (unpaired) electrons.